The van der Waals surface area contributed by atoms with Crippen molar-refractivity contribution in [2.75, 3.05) is 0 Å². The molecule has 1 aromatic rings. The minimum Gasteiger partial charge on any atom is -0.388 e. The van der Waals surface area contributed by atoms with E-state index in [0.29, 0.717) is 12.0 Å². The molecule has 0 saturated heterocycles. The van der Waals surface area contributed by atoms with Gasteiger partial charge in [0.1, 0.15) is 5.54 Å². The number of nitrogens with one attached hydrogen (secondary N) is 1. The third-order valence-corrected chi connectivity index (χ3v) is 5.10. The lowest BCUT2D eigenvalue weighted by atomic mass is 10.1. The van der Waals surface area contributed by atoms with Crippen molar-refractivity contribution < 1.29 is 26.7 Å². The lowest BCUT2D eigenvalue weighted by Gasteiger charge is -2.21. The van der Waals surface area contributed by atoms with Crippen LogP contribution in [0.2, 0.25) is 0 Å². The highest BCUT2D eigenvalue weighted by Gasteiger charge is 2.65. The van der Waals surface area contributed by atoms with Gasteiger partial charge in [0.15, 0.2) is 0 Å². The summed E-state index contributed by atoms with van der Waals surface area (Å²) in [5, 5.41) is 9.70. The standard InChI is InChI=1S/C13H16F3NO3S/c1-2-11(18)9-4-3-5-10(8-9)21(19,20)17-12(6-7-12)13(14,15)16/h3-5,8,11,17-18H,2,6-7H2,1H3. The summed E-state index contributed by atoms with van der Waals surface area (Å²) in [5.74, 6) is 0. The zero-order valence-electron chi connectivity index (χ0n) is 11.3. The lowest BCUT2D eigenvalue weighted by molar-refractivity contribution is -0.160. The molecule has 0 aromatic heterocycles. The molecule has 2 rings (SSSR count). The molecule has 1 aliphatic carbocycles. The van der Waals surface area contributed by atoms with Crippen molar-refractivity contribution in [1.29, 1.82) is 0 Å². The van der Waals surface area contributed by atoms with E-state index in [1.54, 1.807) is 11.6 Å². The van der Waals surface area contributed by atoms with Crippen molar-refractivity contribution in [2.45, 2.75) is 48.9 Å². The van der Waals surface area contributed by atoms with Crippen molar-refractivity contribution in [1.82, 2.24) is 4.72 Å². The number of aliphatic hydroxyl groups is 1. The van der Waals surface area contributed by atoms with E-state index in [0.717, 1.165) is 0 Å². The smallest absolute Gasteiger partial charge is 0.388 e. The van der Waals surface area contributed by atoms with E-state index in [1.165, 1.54) is 24.3 Å². The van der Waals surface area contributed by atoms with Crippen LogP contribution in [0.5, 0.6) is 0 Å². The van der Waals surface area contributed by atoms with Gasteiger partial charge in [0.25, 0.3) is 0 Å². The predicted molar refractivity (Wildman–Crippen MR) is 70.0 cm³/mol. The second-order valence-corrected chi connectivity index (χ2v) is 6.86. The fourth-order valence-corrected chi connectivity index (χ4v) is 3.51. The molecule has 0 radical (unpaired) electrons. The summed E-state index contributed by atoms with van der Waals surface area (Å²) in [6.45, 7) is 1.72. The molecule has 1 atom stereocenters. The number of rotatable bonds is 5. The Bertz CT molecular complexity index is 624. The van der Waals surface area contributed by atoms with E-state index in [9.17, 15) is 26.7 Å². The van der Waals surface area contributed by atoms with Crippen molar-refractivity contribution in [2.24, 2.45) is 0 Å². The number of hydrogen-bond acceptors (Lipinski definition) is 3. The molecular formula is C13H16F3NO3S. The van der Waals surface area contributed by atoms with Gasteiger partial charge in [-0.05, 0) is 37.0 Å². The minimum atomic E-state index is -4.61. The zero-order valence-corrected chi connectivity index (χ0v) is 12.1. The molecule has 1 saturated carbocycles. The highest BCUT2D eigenvalue weighted by Crippen LogP contribution is 2.49. The molecule has 1 aromatic carbocycles. The van der Waals surface area contributed by atoms with E-state index < -0.39 is 27.8 Å². The second kappa shape index (κ2) is 5.26. The molecule has 4 nitrogen and oxygen atoms in total. The van der Waals surface area contributed by atoms with Gasteiger partial charge in [-0.3, -0.25) is 0 Å². The maximum absolute atomic E-state index is 12.8. The Morgan fingerprint density at radius 3 is 2.48 bits per heavy atom. The largest absolute Gasteiger partial charge is 0.407 e. The maximum Gasteiger partial charge on any atom is 0.407 e. The molecule has 0 bridgehead atoms. The Morgan fingerprint density at radius 2 is 2.00 bits per heavy atom. The monoisotopic (exact) mass is 323 g/mol. The van der Waals surface area contributed by atoms with Crippen molar-refractivity contribution >= 4 is 10.0 Å². The third kappa shape index (κ3) is 3.22. The normalized spacial score (nSPS) is 19.3. The molecule has 0 aliphatic heterocycles. The van der Waals surface area contributed by atoms with Gasteiger partial charge in [-0.15, -0.1) is 0 Å². The summed E-state index contributed by atoms with van der Waals surface area (Å²) < 4.78 is 64.5. The highest BCUT2D eigenvalue weighted by molar-refractivity contribution is 7.89. The SMILES string of the molecule is CCC(O)c1cccc(S(=O)(=O)NC2(C(F)(F)F)CC2)c1. The lowest BCUT2D eigenvalue weighted by Crippen LogP contribution is -2.47. The Morgan fingerprint density at radius 1 is 1.38 bits per heavy atom. The van der Waals surface area contributed by atoms with Crippen LogP contribution < -0.4 is 4.72 Å². The van der Waals surface area contributed by atoms with Crippen molar-refractivity contribution in [3.63, 3.8) is 0 Å². The maximum atomic E-state index is 12.8. The summed E-state index contributed by atoms with van der Waals surface area (Å²) in [5.41, 5.74) is -1.98. The molecule has 1 unspecified atom stereocenters. The Labute approximate surface area is 121 Å². The van der Waals surface area contributed by atoms with Crippen LogP contribution in [-0.2, 0) is 10.0 Å². The first-order valence-corrected chi connectivity index (χ1v) is 7.98. The second-order valence-electron chi connectivity index (χ2n) is 5.18. The molecule has 0 spiro atoms. The van der Waals surface area contributed by atoms with Gasteiger partial charge < -0.3 is 5.11 Å². The molecule has 8 heteroatoms. The van der Waals surface area contributed by atoms with Gasteiger partial charge in [0.2, 0.25) is 10.0 Å². The summed E-state index contributed by atoms with van der Waals surface area (Å²) in [6, 6.07) is 5.34. The van der Waals surface area contributed by atoms with Gasteiger partial charge in [-0.25, -0.2) is 8.42 Å². The van der Waals surface area contributed by atoms with Crippen molar-refractivity contribution in [3.8, 4) is 0 Å². The Kier molecular flexibility index (Phi) is 4.07. The summed E-state index contributed by atoms with van der Waals surface area (Å²) in [7, 11) is -4.28. The van der Waals surface area contributed by atoms with Gasteiger partial charge >= 0.3 is 6.18 Å². The molecule has 21 heavy (non-hydrogen) atoms. The average Bonchev–Trinajstić information content (AvgIpc) is 3.18. The Hall–Kier alpha value is -1.12. The van der Waals surface area contributed by atoms with Crippen LogP contribution in [0.1, 0.15) is 37.9 Å². The summed E-state index contributed by atoms with van der Waals surface area (Å²) >= 11 is 0. The third-order valence-electron chi connectivity index (χ3n) is 3.56. The first kappa shape index (κ1) is 16.3. The van der Waals surface area contributed by atoms with Crippen LogP contribution in [0.15, 0.2) is 29.2 Å². The minimum absolute atomic E-state index is 0.257. The van der Waals surface area contributed by atoms with Crippen LogP contribution in [0, 0.1) is 0 Å². The van der Waals surface area contributed by atoms with Crippen molar-refractivity contribution in [3.05, 3.63) is 29.8 Å². The number of alkyl halides is 3. The highest BCUT2D eigenvalue weighted by atomic mass is 32.2. The van der Waals surface area contributed by atoms with Gasteiger partial charge in [-0.2, -0.15) is 17.9 Å². The fourth-order valence-electron chi connectivity index (χ4n) is 2.01. The molecule has 118 valence electrons. The molecular weight excluding hydrogens is 307 g/mol. The predicted octanol–water partition coefficient (Wildman–Crippen LogP) is 2.50. The number of hydrogen-bond donors (Lipinski definition) is 2. The van der Waals surface area contributed by atoms with Gasteiger partial charge in [0.05, 0.1) is 11.0 Å². The zero-order chi connectivity index (χ0) is 15.9. The number of benzene rings is 1. The molecule has 0 amide bonds. The first-order valence-electron chi connectivity index (χ1n) is 6.50. The van der Waals surface area contributed by atoms with E-state index in [2.05, 4.69) is 0 Å². The quantitative estimate of drug-likeness (QED) is 0.875. The summed E-state index contributed by atoms with van der Waals surface area (Å²) in [4.78, 5) is -0.275. The number of halogens is 3. The average molecular weight is 323 g/mol. The van der Waals surface area contributed by atoms with E-state index in [1.807, 2.05) is 0 Å². The van der Waals surface area contributed by atoms with Crippen LogP contribution >= 0.6 is 0 Å². The molecule has 1 aliphatic rings. The summed E-state index contributed by atoms with van der Waals surface area (Å²) in [6.07, 6.45) is -5.60. The van der Waals surface area contributed by atoms with Crippen LogP contribution in [0.3, 0.4) is 0 Å². The van der Waals surface area contributed by atoms with E-state index in [4.69, 9.17) is 0 Å². The van der Waals surface area contributed by atoms with E-state index >= 15 is 0 Å². The van der Waals surface area contributed by atoms with Gasteiger partial charge in [0, 0.05) is 0 Å². The van der Waals surface area contributed by atoms with Crippen LogP contribution in [0.4, 0.5) is 13.2 Å². The number of sulfonamides is 1. The van der Waals surface area contributed by atoms with Gasteiger partial charge in [-0.1, -0.05) is 19.1 Å². The molecule has 1 fully saturated rings. The van der Waals surface area contributed by atoms with E-state index in [-0.39, 0.29) is 17.7 Å². The van der Waals surface area contributed by atoms with Crippen LogP contribution in [-0.4, -0.2) is 25.2 Å². The molecule has 2 N–H and O–H groups in total. The van der Waals surface area contributed by atoms with Crippen LogP contribution in [0.25, 0.3) is 0 Å². The number of aliphatic hydroxyl groups excluding tert-OH is 1. The fraction of sp³-hybridized carbons (Fsp3) is 0.538. The Balaban J connectivity index is 2.29. The topological polar surface area (TPSA) is 66.4 Å². The molecule has 0 heterocycles. The first-order chi connectivity index (χ1) is 9.61.